The Labute approximate surface area is 233 Å². The Bertz CT molecular complexity index is 1360. The van der Waals surface area contributed by atoms with Crippen LogP contribution in [0.3, 0.4) is 0 Å². The van der Waals surface area contributed by atoms with Crippen LogP contribution >= 0.6 is 0 Å². The number of hydrogen-bond donors (Lipinski definition) is 2. The predicted octanol–water partition coefficient (Wildman–Crippen LogP) is 5.31. The molecule has 3 aromatic rings. The van der Waals surface area contributed by atoms with Gasteiger partial charge < -0.3 is 24.5 Å². The van der Waals surface area contributed by atoms with Crippen molar-refractivity contribution in [1.82, 2.24) is 10.3 Å². The average molecular weight is 545 g/mol. The number of aromatic nitrogens is 1. The van der Waals surface area contributed by atoms with E-state index in [1.54, 1.807) is 6.20 Å². The number of ether oxygens (including phenoxy) is 3. The smallest absolute Gasteiger partial charge is 0.408 e. The van der Waals surface area contributed by atoms with Crippen molar-refractivity contribution in [3.8, 4) is 0 Å². The van der Waals surface area contributed by atoms with E-state index in [2.05, 4.69) is 10.3 Å². The van der Waals surface area contributed by atoms with Crippen molar-refractivity contribution in [3.63, 3.8) is 0 Å². The molecule has 1 unspecified atom stereocenters. The lowest BCUT2D eigenvalue weighted by Crippen LogP contribution is -2.59. The molecule has 1 heterocycles. The quantitative estimate of drug-likeness (QED) is 0.279. The number of aromatic amines is 1. The lowest BCUT2D eigenvalue weighted by Gasteiger charge is -2.53. The van der Waals surface area contributed by atoms with Crippen molar-refractivity contribution < 1.29 is 28.6 Å². The van der Waals surface area contributed by atoms with Gasteiger partial charge in [-0.15, -0.1) is 0 Å². The highest BCUT2D eigenvalue weighted by atomic mass is 16.6. The fraction of sp³-hybridized carbons (Fsp3) is 0.469. The number of para-hydroxylation sites is 1. The number of rotatable bonds is 9. The van der Waals surface area contributed by atoms with E-state index < -0.39 is 30.0 Å². The number of alkyl carbamates (subject to hydrolysis) is 1. The number of carbonyl (C=O) groups excluding carboxylic acids is 3. The van der Waals surface area contributed by atoms with Gasteiger partial charge in [-0.05, 0) is 73.0 Å². The predicted molar refractivity (Wildman–Crippen MR) is 148 cm³/mol. The van der Waals surface area contributed by atoms with Gasteiger partial charge in [-0.25, -0.2) is 9.59 Å². The molecule has 0 spiro atoms. The fourth-order valence-corrected chi connectivity index (χ4v) is 7.55. The molecule has 4 saturated carbocycles. The van der Waals surface area contributed by atoms with Crippen LogP contribution in [0, 0.1) is 23.7 Å². The summed E-state index contributed by atoms with van der Waals surface area (Å²) in [4.78, 5) is 43.5. The first-order chi connectivity index (χ1) is 19.4. The summed E-state index contributed by atoms with van der Waals surface area (Å²) in [5, 5.41) is 3.74. The molecule has 1 aromatic heterocycles. The molecule has 1 atom stereocenters. The van der Waals surface area contributed by atoms with E-state index in [-0.39, 0.29) is 19.1 Å². The number of carbonyl (C=O) groups is 3. The SMILES string of the molecule is COC(=O)CC(Cc1c[nH]c2ccccc12)(NC(=O)OC1C2CC3CC(C2)CC1C3)C(=O)OCc1ccccc1. The summed E-state index contributed by atoms with van der Waals surface area (Å²) < 4.78 is 16.8. The maximum absolute atomic E-state index is 13.9. The second kappa shape index (κ2) is 11.0. The molecule has 0 aliphatic heterocycles. The number of methoxy groups -OCH3 is 1. The summed E-state index contributed by atoms with van der Waals surface area (Å²) in [5.41, 5.74) is 0.728. The van der Waals surface area contributed by atoms with Crippen molar-refractivity contribution in [3.05, 3.63) is 71.9 Å². The van der Waals surface area contributed by atoms with Gasteiger partial charge in [0, 0.05) is 23.5 Å². The Morgan fingerprint density at radius 3 is 2.30 bits per heavy atom. The summed E-state index contributed by atoms with van der Waals surface area (Å²) in [6, 6.07) is 17.0. The molecule has 4 aliphatic rings. The van der Waals surface area contributed by atoms with Crippen LogP contribution < -0.4 is 5.32 Å². The van der Waals surface area contributed by atoms with E-state index in [9.17, 15) is 14.4 Å². The molecule has 4 aliphatic carbocycles. The van der Waals surface area contributed by atoms with Gasteiger partial charge in [0.2, 0.25) is 0 Å². The topological polar surface area (TPSA) is 107 Å². The van der Waals surface area contributed by atoms with Gasteiger partial charge in [0.15, 0.2) is 5.54 Å². The second-order valence-electron chi connectivity index (χ2n) is 11.9. The molecule has 4 fully saturated rings. The van der Waals surface area contributed by atoms with E-state index in [4.69, 9.17) is 14.2 Å². The van der Waals surface area contributed by atoms with Crippen LogP contribution in [-0.2, 0) is 36.8 Å². The fourth-order valence-electron chi connectivity index (χ4n) is 7.55. The maximum Gasteiger partial charge on any atom is 0.408 e. The lowest BCUT2D eigenvalue weighted by molar-refractivity contribution is -0.158. The molecule has 40 heavy (non-hydrogen) atoms. The molecule has 0 saturated heterocycles. The molecule has 4 bridgehead atoms. The normalized spacial score (nSPS) is 26.2. The number of fused-ring (bicyclic) bond motifs is 1. The molecule has 8 nitrogen and oxygen atoms in total. The largest absolute Gasteiger partial charge is 0.469 e. The van der Waals surface area contributed by atoms with Crippen molar-refractivity contribution in [1.29, 1.82) is 0 Å². The van der Waals surface area contributed by atoms with Crippen molar-refractivity contribution >= 4 is 28.9 Å². The minimum Gasteiger partial charge on any atom is -0.469 e. The van der Waals surface area contributed by atoms with E-state index in [0.29, 0.717) is 11.8 Å². The third kappa shape index (κ3) is 5.31. The third-order valence-corrected chi connectivity index (χ3v) is 9.17. The number of esters is 2. The minimum atomic E-state index is -1.73. The van der Waals surface area contributed by atoms with Crippen LogP contribution in [0.4, 0.5) is 4.79 Å². The first kappa shape index (κ1) is 26.4. The van der Waals surface area contributed by atoms with Gasteiger partial charge in [-0.2, -0.15) is 0 Å². The first-order valence-electron chi connectivity index (χ1n) is 14.2. The average Bonchev–Trinajstić information content (AvgIpc) is 3.36. The molecular weight excluding hydrogens is 508 g/mol. The van der Waals surface area contributed by atoms with Gasteiger partial charge in [0.05, 0.1) is 13.5 Å². The molecule has 210 valence electrons. The number of amides is 1. The Morgan fingerprint density at radius 1 is 0.925 bits per heavy atom. The van der Waals surface area contributed by atoms with Crippen LogP contribution in [0.25, 0.3) is 10.9 Å². The van der Waals surface area contributed by atoms with Gasteiger partial charge in [-0.3, -0.25) is 4.79 Å². The molecular formula is C32H36N2O6. The third-order valence-electron chi connectivity index (χ3n) is 9.17. The number of hydrogen-bond acceptors (Lipinski definition) is 6. The van der Waals surface area contributed by atoms with E-state index in [1.807, 2.05) is 54.6 Å². The number of nitrogens with one attached hydrogen (secondary N) is 2. The summed E-state index contributed by atoms with van der Waals surface area (Å²) in [6.07, 6.45) is 6.22. The van der Waals surface area contributed by atoms with E-state index in [0.717, 1.165) is 59.5 Å². The zero-order valence-corrected chi connectivity index (χ0v) is 22.8. The van der Waals surface area contributed by atoms with Gasteiger partial charge in [-0.1, -0.05) is 48.5 Å². The molecule has 1 amide bonds. The summed E-state index contributed by atoms with van der Waals surface area (Å²) in [6.45, 7) is 0.00274. The molecule has 0 radical (unpaired) electrons. The van der Waals surface area contributed by atoms with Crippen LogP contribution in [-0.4, -0.2) is 41.8 Å². The van der Waals surface area contributed by atoms with E-state index >= 15 is 0 Å². The standard InChI is InChI=1S/C32H36N2O6/c1-38-28(35)17-32(30(36)39-19-20-7-3-2-4-8-20,16-25-18-33-27-10-6-5-9-26(25)27)34-31(37)40-29-23-12-21-11-22(14-23)15-24(29)13-21/h2-10,18,21-24,29,33H,11-17,19H2,1H3,(H,34,37). The van der Waals surface area contributed by atoms with Gasteiger partial charge in [0.25, 0.3) is 0 Å². The van der Waals surface area contributed by atoms with Gasteiger partial charge >= 0.3 is 18.0 Å². The molecule has 2 N–H and O–H groups in total. The highest BCUT2D eigenvalue weighted by Crippen LogP contribution is 2.54. The number of benzene rings is 2. The van der Waals surface area contributed by atoms with Crippen molar-refractivity contribution in [2.45, 2.75) is 63.2 Å². The molecule has 2 aromatic carbocycles. The van der Waals surface area contributed by atoms with Crippen LogP contribution in [0.2, 0.25) is 0 Å². The summed E-state index contributed by atoms with van der Waals surface area (Å²) in [7, 11) is 1.26. The summed E-state index contributed by atoms with van der Waals surface area (Å²) >= 11 is 0. The monoisotopic (exact) mass is 544 g/mol. The van der Waals surface area contributed by atoms with Crippen LogP contribution in [0.1, 0.15) is 49.7 Å². The highest BCUT2D eigenvalue weighted by Gasteiger charge is 2.51. The molecule has 8 heteroatoms. The number of H-pyrrole nitrogens is 1. The highest BCUT2D eigenvalue weighted by molar-refractivity contribution is 5.92. The zero-order chi connectivity index (χ0) is 27.7. The Balaban J connectivity index is 1.29. The second-order valence-corrected chi connectivity index (χ2v) is 11.9. The molecule has 7 rings (SSSR count). The minimum absolute atomic E-state index is 0.00274. The zero-order valence-electron chi connectivity index (χ0n) is 22.8. The van der Waals surface area contributed by atoms with Crippen LogP contribution in [0.15, 0.2) is 60.8 Å². The Kier molecular flexibility index (Phi) is 7.26. The van der Waals surface area contributed by atoms with Crippen LogP contribution in [0.5, 0.6) is 0 Å². The van der Waals surface area contributed by atoms with Crippen molar-refractivity contribution in [2.24, 2.45) is 23.7 Å². The van der Waals surface area contributed by atoms with E-state index in [1.165, 1.54) is 13.5 Å². The first-order valence-corrected chi connectivity index (χ1v) is 14.2. The van der Waals surface area contributed by atoms with Gasteiger partial charge in [0.1, 0.15) is 12.7 Å². The Morgan fingerprint density at radius 2 is 1.60 bits per heavy atom. The Hall–Kier alpha value is -3.81. The summed E-state index contributed by atoms with van der Waals surface area (Å²) in [5.74, 6) is 0.837. The maximum atomic E-state index is 13.9. The lowest BCUT2D eigenvalue weighted by atomic mass is 9.55. The van der Waals surface area contributed by atoms with Crippen molar-refractivity contribution in [2.75, 3.05) is 7.11 Å².